The largest absolute Gasteiger partial charge is 0.351 e. The van der Waals surface area contributed by atoms with Gasteiger partial charge in [0.2, 0.25) is 12.2 Å². The molecule has 0 aliphatic carbocycles. The fourth-order valence-electron chi connectivity index (χ4n) is 1.40. The van der Waals surface area contributed by atoms with Gasteiger partial charge in [-0.1, -0.05) is 0 Å². The first-order valence-corrected chi connectivity index (χ1v) is 6.97. The fraction of sp³-hybridized carbons (Fsp3) is 0.545. The number of hydrogen-bond acceptors (Lipinski definition) is 5. The second-order valence-corrected chi connectivity index (χ2v) is 4.82. The van der Waals surface area contributed by atoms with Crippen molar-refractivity contribution in [1.29, 1.82) is 0 Å². The quantitative estimate of drug-likeness (QED) is 0.597. The average Bonchev–Trinajstić information content (AvgIpc) is 2.86. The van der Waals surface area contributed by atoms with Crippen molar-refractivity contribution >= 4 is 24.0 Å². The van der Waals surface area contributed by atoms with Crippen molar-refractivity contribution in [3.8, 4) is 0 Å². The molecular formula is C11H17N4O2S. The van der Waals surface area contributed by atoms with Gasteiger partial charge in [0.05, 0.1) is 24.1 Å². The number of amides is 1. The fourth-order valence-corrected chi connectivity index (χ4v) is 1.87. The van der Waals surface area contributed by atoms with Gasteiger partial charge in [0.25, 0.3) is 0 Å². The highest BCUT2D eigenvalue weighted by Crippen LogP contribution is 2.01. The summed E-state index contributed by atoms with van der Waals surface area (Å²) in [5, 5.41) is 2.57. The van der Waals surface area contributed by atoms with E-state index in [1.54, 1.807) is 18.0 Å². The van der Waals surface area contributed by atoms with Crippen LogP contribution in [-0.4, -0.2) is 46.3 Å². The van der Waals surface area contributed by atoms with Gasteiger partial charge in [0.1, 0.15) is 0 Å². The number of rotatable bonds is 8. The summed E-state index contributed by atoms with van der Waals surface area (Å²) >= 11 is 1.61. The number of nitrogens with two attached hydrogens (primary N) is 1. The van der Waals surface area contributed by atoms with Crippen LogP contribution in [0.2, 0.25) is 0 Å². The van der Waals surface area contributed by atoms with Crippen LogP contribution in [0.15, 0.2) is 12.5 Å². The molecular weight excluding hydrogens is 252 g/mol. The maximum absolute atomic E-state index is 11.7. The highest BCUT2D eigenvalue weighted by Gasteiger charge is 2.18. The number of hydrogen-bond donors (Lipinski definition) is 3. The molecule has 18 heavy (non-hydrogen) atoms. The third kappa shape index (κ3) is 4.89. The number of nitrogens with one attached hydrogen (secondary N) is 2. The van der Waals surface area contributed by atoms with Crippen molar-refractivity contribution in [3.63, 3.8) is 0 Å². The van der Waals surface area contributed by atoms with Crippen LogP contribution < -0.4 is 11.1 Å². The molecule has 0 aliphatic rings. The number of carbonyl (C=O) groups excluding carboxylic acids is 2. The Hall–Kier alpha value is -1.34. The zero-order chi connectivity index (χ0) is 13.4. The maximum atomic E-state index is 11.7. The molecule has 0 bridgehead atoms. The minimum Gasteiger partial charge on any atom is -0.351 e. The Morgan fingerprint density at radius 2 is 2.50 bits per heavy atom. The number of aromatic nitrogens is 2. The number of H-pyrrole nitrogens is 1. The molecule has 1 radical (unpaired) electrons. The maximum Gasteiger partial charge on any atom is 0.237 e. The van der Waals surface area contributed by atoms with E-state index < -0.39 is 12.1 Å². The monoisotopic (exact) mass is 269 g/mol. The lowest BCUT2D eigenvalue weighted by Gasteiger charge is -2.15. The molecule has 0 saturated heterocycles. The topological polar surface area (TPSA) is 101 Å². The lowest BCUT2D eigenvalue weighted by atomic mass is 10.1. The first-order valence-electron chi connectivity index (χ1n) is 5.57. The van der Waals surface area contributed by atoms with E-state index in [0.29, 0.717) is 18.5 Å². The Kier molecular flexibility index (Phi) is 6.45. The summed E-state index contributed by atoms with van der Waals surface area (Å²) in [5.74, 6) is 0.432. The van der Waals surface area contributed by atoms with Crippen molar-refractivity contribution in [1.82, 2.24) is 15.3 Å². The highest BCUT2D eigenvalue weighted by atomic mass is 32.2. The molecule has 0 aromatic carbocycles. The van der Waals surface area contributed by atoms with E-state index in [9.17, 15) is 9.59 Å². The Bertz CT molecular complexity index is 369. The van der Waals surface area contributed by atoms with Gasteiger partial charge in [-0.25, -0.2) is 4.98 Å². The zero-order valence-electron chi connectivity index (χ0n) is 10.2. The summed E-state index contributed by atoms with van der Waals surface area (Å²) < 4.78 is 0. The molecule has 6 nitrogen and oxygen atoms in total. The van der Waals surface area contributed by atoms with E-state index in [0.717, 1.165) is 5.75 Å². The summed E-state index contributed by atoms with van der Waals surface area (Å²) in [6, 6.07) is -1.30. The summed E-state index contributed by atoms with van der Waals surface area (Å²) in [6.45, 7) is 0. The Balaban J connectivity index is 2.40. The molecule has 0 aliphatic heterocycles. The Morgan fingerprint density at radius 1 is 1.72 bits per heavy atom. The first-order chi connectivity index (χ1) is 8.67. The number of imidazole rings is 1. The van der Waals surface area contributed by atoms with Crippen LogP contribution in [0.4, 0.5) is 0 Å². The molecule has 7 heteroatoms. The van der Waals surface area contributed by atoms with Crippen LogP contribution in [0.25, 0.3) is 0 Å². The summed E-state index contributed by atoms with van der Waals surface area (Å²) in [7, 11) is 0. The first kappa shape index (κ1) is 14.7. The molecule has 0 saturated carbocycles. The molecule has 0 spiro atoms. The van der Waals surface area contributed by atoms with Crippen molar-refractivity contribution in [2.75, 3.05) is 12.0 Å². The minimum absolute atomic E-state index is 0.337. The van der Waals surface area contributed by atoms with E-state index in [1.807, 2.05) is 12.5 Å². The van der Waals surface area contributed by atoms with Gasteiger partial charge >= 0.3 is 0 Å². The number of nitrogens with zero attached hydrogens (tertiary/aromatic N) is 1. The molecule has 1 rings (SSSR count). The van der Waals surface area contributed by atoms with E-state index in [-0.39, 0.29) is 5.91 Å². The lowest BCUT2D eigenvalue weighted by Crippen LogP contribution is -2.47. The molecule has 0 fully saturated rings. The molecule has 0 unspecified atom stereocenters. The van der Waals surface area contributed by atoms with Crippen LogP contribution in [0.1, 0.15) is 12.1 Å². The number of thioether (sulfide) groups is 1. The normalized spacial score (nSPS) is 13.9. The number of aromatic amines is 1. The smallest absolute Gasteiger partial charge is 0.237 e. The van der Waals surface area contributed by atoms with Gasteiger partial charge in [-0.3, -0.25) is 9.59 Å². The summed E-state index contributed by atoms with van der Waals surface area (Å²) in [6.07, 6.45) is 7.86. The average molecular weight is 269 g/mol. The van der Waals surface area contributed by atoms with Gasteiger partial charge in [-0.15, -0.1) is 0 Å². The van der Waals surface area contributed by atoms with Crippen LogP contribution in [0.5, 0.6) is 0 Å². The molecule has 4 N–H and O–H groups in total. The Labute approximate surface area is 110 Å². The van der Waals surface area contributed by atoms with Crippen molar-refractivity contribution < 1.29 is 9.59 Å². The molecule has 2 atom stereocenters. The molecule has 99 valence electrons. The Morgan fingerprint density at radius 3 is 3.06 bits per heavy atom. The van der Waals surface area contributed by atoms with Crippen LogP contribution in [-0.2, 0) is 16.0 Å². The third-order valence-electron chi connectivity index (χ3n) is 2.39. The molecule has 1 amide bonds. The van der Waals surface area contributed by atoms with Gasteiger partial charge in [-0.05, 0) is 18.4 Å². The predicted octanol–water partition coefficient (Wildman–Crippen LogP) is -0.373. The molecule has 1 heterocycles. The standard InChI is InChI=1S/C11H17N4O2S/c1-18-3-2-8(6-16)15-11(17)10(12)4-9-5-13-7-14-9/h5,7-8,10H,2-4,12H2,1H3,(H,13,14)(H,15,17)/t8-,10-/m0/s1. The van der Waals surface area contributed by atoms with E-state index >= 15 is 0 Å². The lowest BCUT2D eigenvalue weighted by molar-refractivity contribution is -0.122. The van der Waals surface area contributed by atoms with E-state index in [4.69, 9.17) is 5.73 Å². The van der Waals surface area contributed by atoms with Gasteiger partial charge in [0.15, 0.2) is 0 Å². The SMILES string of the molecule is CSCC[C@@H]([C]=O)NC(=O)[C@@H](N)Cc1c[nH]cn1. The van der Waals surface area contributed by atoms with E-state index in [2.05, 4.69) is 15.3 Å². The summed E-state index contributed by atoms with van der Waals surface area (Å²) in [4.78, 5) is 29.2. The zero-order valence-corrected chi connectivity index (χ0v) is 11.0. The second kappa shape index (κ2) is 7.88. The summed E-state index contributed by atoms with van der Waals surface area (Å²) in [5.41, 5.74) is 6.46. The third-order valence-corrected chi connectivity index (χ3v) is 3.03. The minimum atomic E-state index is -0.710. The number of carbonyl (C=O) groups is 1. The molecule has 1 aromatic heterocycles. The van der Waals surface area contributed by atoms with Gasteiger partial charge < -0.3 is 16.0 Å². The molecule has 1 aromatic rings. The second-order valence-electron chi connectivity index (χ2n) is 3.83. The van der Waals surface area contributed by atoms with Crippen molar-refractivity contribution in [2.45, 2.75) is 24.9 Å². The van der Waals surface area contributed by atoms with Crippen LogP contribution in [0.3, 0.4) is 0 Å². The highest BCUT2D eigenvalue weighted by molar-refractivity contribution is 7.98. The predicted molar refractivity (Wildman–Crippen MR) is 70.9 cm³/mol. The van der Waals surface area contributed by atoms with E-state index in [1.165, 1.54) is 6.33 Å². The van der Waals surface area contributed by atoms with Gasteiger partial charge in [0, 0.05) is 12.6 Å². The van der Waals surface area contributed by atoms with Crippen LogP contribution >= 0.6 is 11.8 Å². The van der Waals surface area contributed by atoms with Crippen LogP contribution in [0, 0.1) is 0 Å². The van der Waals surface area contributed by atoms with Gasteiger partial charge in [-0.2, -0.15) is 11.8 Å². The van der Waals surface area contributed by atoms with Crippen molar-refractivity contribution in [3.05, 3.63) is 18.2 Å². The van der Waals surface area contributed by atoms with Crippen molar-refractivity contribution in [2.24, 2.45) is 5.73 Å².